The smallest absolute Gasteiger partial charge is 0.159 e. The summed E-state index contributed by atoms with van der Waals surface area (Å²) in [5, 5.41) is 8.33. The number of anilines is 2. The molecule has 5 nitrogen and oxygen atoms in total. The van der Waals surface area contributed by atoms with E-state index in [9.17, 15) is 0 Å². The van der Waals surface area contributed by atoms with Crippen molar-refractivity contribution in [2.75, 3.05) is 4.90 Å². The van der Waals surface area contributed by atoms with Crippen LogP contribution in [0, 0.1) is 0 Å². The molecule has 2 aromatic heterocycles. The number of hydrogen-bond donors (Lipinski definition) is 1. The van der Waals surface area contributed by atoms with Crippen LogP contribution in [0.15, 0.2) is 196 Å². The van der Waals surface area contributed by atoms with E-state index in [0.717, 1.165) is 67.1 Å². The number of furan rings is 1. The Balaban J connectivity index is 0.940. The Hall–Kier alpha value is -7.02. The van der Waals surface area contributed by atoms with Crippen molar-refractivity contribution in [3.63, 3.8) is 0 Å². The molecular formula is C51H34N4OS. The summed E-state index contributed by atoms with van der Waals surface area (Å²) in [5.41, 5.74) is 10.9. The van der Waals surface area contributed by atoms with E-state index < -0.39 is 0 Å². The molecule has 0 radical (unpaired) electrons. The summed E-state index contributed by atoms with van der Waals surface area (Å²) >= 11 is 1.82. The first-order valence-electron chi connectivity index (χ1n) is 19.4. The molecule has 0 saturated carbocycles. The highest BCUT2D eigenvalue weighted by Gasteiger charge is 2.38. The van der Waals surface area contributed by atoms with Crippen molar-refractivity contribution in [2.45, 2.75) is 18.1 Å². The standard InChI is InChI=1S/C51H34N4OS/c1-3-13-31(14-4-1)49-52-50(32-15-5-2-6-16-32)54-51(53-49)34-26-28-45-41(29-34)38-27-25-33(30-46(38)57-45)35-19-11-20-39-40-21-12-24-44(48(40)56-47(35)39)55-42-22-9-7-17-36(42)37-18-8-10-23-43(37)55/h1-30,36,42,49H,(H,52,53,54). The zero-order valence-corrected chi connectivity index (χ0v) is 31.5. The fraction of sp³-hybridized carbons (Fsp3) is 0.0588. The molecule has 7 aromatic carbocycles. The summed E-state index contributed by atoms with van der Waals surface area (Å²) in [4.78, 5) is 12.6. The molecule has 1 aliphatic carbocycles. The monoisotopic (exact) mass is 750 g/mol. The van der Waals surface area contributed by atoms with Crippen LogP contribution in [0.3, 0.4) is 0 Å². The Bertz CT molecular complexity index is 3190. The highest BCUT2D eigenvalue weighted by atomic mass is 32.1. The number of amidine groups is 2. The molecule has 3 aliphatic rings. The van der Waals surface area contributed by atoms with Crippen molar-refractivity contribution in [1.82, 2.24) is 5.32 Å². The maximum absolute atomic E-state index is 7.00. The van der Waals surface area contributed by atoms with Gasteiger partial charge in [-0.25, -0.2) is 9.98 Å². The van der Waals surface area contributed by atoms with Gasteiger partial charge < -0.3 is 14.6 Å². The van der Waals surface area contributed by atoms with Gasteiger partial charge >= 0.3 is 0 Å². The van der Waals surface area contributed by atoms with E-state index in [1.165, 1.54) is 31.4 Å². The number of nitrogens with zero attached hydrogens (tertiary/aromatic N) is 3. The topological polar surface area (TPSA) is 53.1 Å². The molecule has 9 aromatic rings. The number of thiophene rings is 1. The molecule has 2 aliphatic heterocycles. The third-order valence-corrected chi connectivity index (χ3v) is 12.8. The number of aliphatic imine (C=N–C) groups is 2. The predicted octanol–water partition coefficient (Wildman–Crippen LogP) is 12.8. The number of nitrogens with one attached hydrogen (secondary N) is 1. The summed E-state index contributed by atoms with van der Waals surface area (Å²) in [6.45, 7) is 0. The number of fused-ring (bicyclic) bond motifs is 9. The summed E-state index contributed by atoms with van der Waals surface area (Å²) in [7, 11) is 0. The lowest BCUT2D eigenvalue weighted by Crippen LogP contribution is -2.33. The second-order valence-electron chi connectivity index (χ2n) is 14.9. The van der Waals surface area contributed by atoms with Crippen LogP contribution in [0.4, 0.5) is 11.4 Å². The van der Waals surface area contributed by atoms with Crippen LogP contribution in [0.25, 0.3) is 53.2 Å². The normalized spacial score (nSPS) is 18.5. The number of allylic oxidation sites excluding steroid dienone is 2. The zero-order valence-electron chi connectivity index (χ0n) is 30.7. The van der Waals surface area contributed by atoms with Crippen LogP contribution in [0.5, 0.6) is 0 Å². The zero-order chi connectivity index (χ0) is 37.5. The van der Waals surface area contributed by atoms with Crippen molar-refractivity contribution in [2.24, 2.45) is 9.98 Å². The average Bonchev–Trinajstić information content (AvgIpc) is 3.96. The first kappa shape index (κ1) is 32.2. The van der Waals surface area contributed by atoms with Crippen LogP contribution in [0.2, 0.25) is 0 Å². The van der Waals surface area contributed by atoms with Gasteiger partial charge in [-0.3, -0.25) is 0 Å². The van der Waals surface area contributed by atoms with E-state index >= 15 is 0 Å². The van der Waals surface area contributed by atoms with E-state index in [2.05, 4.69) is 168 Å². The van der Waals surface area contributed by atoms with Gasteiger partial charge in [0.05, 0.1) is 11.7 Å². The number of rotatable bonds is 5. The molecule has 0 fully saturated rings. The summed E-state index contributed by atoms with van der Waals surface area (Å²) in [5.74, 6) is 1.85. The highest BCUT2D eigenvalue weighted by molar-refractivity contribution is 7.25. The number of benzene rings is 7. The lowest BCUT2D eigenvalue weighted by molar-refractivity contribution is 0.664. The largest absolute Gasteiger partial charge is 0.453 e. The van der Waals surface area contributed by atoms with Crippen molar-refractivity contribution in [3.8, 4) is 11.1 Å². The Morgan fingerprint density at radius 2 is 1.32 bits per heavy atom. The van der Waals surface area contributed by atoms with Gasteiger partial charge in [-0.05, 0) is 53.1 Å². The lowest BCUT2D eigenvalue weighted by atomic mass is 9.91. The quantitative estimate of drug-likeness (QED) is 0.191. The van der Waals surface area contributed by atoms with Gasteiger partial charge in [-0.2, -0.15) is 0 Å². The summed E-state index contributed by atoms with van der Waals surface area (Å²) in [6, 6.07) is 56.2. The van der Waals surface area contributed by atoms with Crippen LogP contribution in [0.1, 0.15) is 34.3 Å². The average molecular weight is 751 g/mol. The number of para-hydroxylation sites is 3. The van der Waals surface area contributed by atoms with E-state index in [0.29, 0.717) is 5.92 Å². The minimum Gasteiger partial charge on any atom is -0.453 e. The fourth-order valence-electron chi connectivity index (χ4n) is 9.00. The molecule has 0 saturated heterocycles. The van der Waals surface area contributed by atoms with Crippen LogP contribution in [-0.2, 0) is 0 Å². The molecule has 270 valence electrons. The number of hydrogen-bond acceptors (Lipinski definition) is 6. The molecule has 0 spiro atoms. The molecule has 0 bridgehead atoms. The molecule has 0 amide bonds. The summed E-state index contributed by atoms with van der Waals surface area (Å²) in [6.07, 6.45) is 8.73. The van der Waals surface area contributed by atoms with Crippen molar-refractivity contribution in [3.05, 3.63) is 204 Å². The third kappa shape index (κ3) is 5.14. The van der Waals surface area contributed by atoms with Gasteiger partial charge in [0.2, 0.25) is 0 Å². The van der Waals surface area contributed by atoms with Crippen molar-refractivity contribution in [1.29, 1.82) is 0 Å². The molecule has 1 N–H and O–H groups in total. The van der Waals surface area contributed by atoms with Gasteiger partial charge in [0.15, 0.2) is 11.4 Å². The maximum atomic E-state index is 7.00. The first-order valence-corrected chi connectivity index (χ1v) is 20.2. The predicted molar refractivity (Wildman–Crippen MR) is 237 cm³/mol. The van der Waals surface area contributed by atoms with Crippen LogP contribution < -0.4 is 10.2 Å². The first-order chi connectivity index (χ1) is 28.2. The van der Waals surface area contributed by atoms with Crippen LogP contribution in [-0.4, -0.2) is 17.7 Å². The van der Waals surface area contributed by atoms with Gasteiger partial charge in [0.25, 0.3) is 0 Å². The van der Waals surface area contributed by atoms with Gasteiger partial charge in [-0.15, -0.1) is 11.3 Å². The molecule has 3 atom stereocenters. The summed E-state index contributed by atoms with van der Waals surface area (Å²) < 4.78 is 9.47. The van der Waals surface area contributed by atoms with Crippen molar-refractivity contribution >= 4 is 76.5 Å². The fourth-order valence-corrected chi connectivity index (χ4v) is 10.1. The second-order valence-corrected chi connectivity index (χ2v) is 16.0. The Kier molecular flexibility index (Phi) is 7.22. The Labute approximate surface area is 333 Å². The second kappa shape index (κ2) is 12.8. The molecule has 12 rings (SSSR count). The Morgan fingerprint density at radius 1 is 0.561 bits per heavy atom. The van der Waals surface area contributed by atoms with E-state index in [4.69, 9.17) is 14.4 Å². The highest BCUT2D eigenvalue weighted by Crippen LogP contribution is 2.50. The van der Waals surface area contributed by atoms with Gasteiger partial charge in [-0.1, -0.05) is 146 Å². The SMILES string of the molecule is C1=CC2c3ccccc3N(c3cccc4c3oc3c(-c5ccc6c(c5)sc5ccc(C7=NC(c8ccccc8)=NC(c8ccccc8)N7)cc56)cccc34)C2C=C1. The molecule has 6 heteroatoms. The third-order valence-electron chi connectivity index (χ3n) is 11.7. The van der Waals surface area contributed by atoms with E-state index in [1.807, 2.05) is 35.6 Å². The molecular weight excluding hydrogens is 717 g/mol. The van der Waals surface area contributed by atoms with Crippen molar-refractivity contribution < 1.29 is 4.42 Å². The minimum absolute atomic E-state index is 0.201. The van der Waals surface area contributed by atoms with E-state index in [-0.39, 0.29) is 12.2 Å². The van der Waals surface area contributed by atoms with E-state index in [1.54, 1.807) is 0 Å². The minimum atomic E-state index is -0.243. The Morgan fingerprint density at radius 3 is 2.21 bits per heavy atom. The molecule has 57 heavy (non-hydrogen) atoms. The lowest BCUT2D eigenvalue weighted by Gasteiger charge is -2.28. The van der Waals surface area contributed by atoms with Crippen LogP contribution >= 0.6 is 11.3 Å². The molecule has 3 unspecified atom stereocenters. The van der Waals surface area contributed by atoms with Gasteiger partial charge in [0.1, 0.15) is 17.6 Å². The van der Waals surface area contributed by atoms with Gasteiger partial charge in [0, 0.05) is 59.2 Å². The molecule has 4 heterocycles. The maximum Gasteiger partial charge on any atom is 0.159 e.